The molecule has 3 nitrogen and oxygen atoms in total. The summed E-state index contributed by atoms with van der Waals surface area (Å²) < 4.78 is 26.2. The van der Waals surface area contributed by atoms with Crippen molar-refractivity contribution in [1.82, 2.24) is 0 Å². The number of nitrogens with zero attached hydrogens (tertiary/aromatic N) is 1. The van der Waals surface area contributed by atoms with Crippen LogP contribution in [0.5, 0.6) is 0 Å². The maximum absolute atomic E-state index is 13.3. The van der Waals surface area contributed by atoms with Gasteiger partial charge in [-0.1, -0.05) is 0 Å². The molecule has 6 heteroatoms. The monoisotopic (exact) mass is 394 g/mol. The first-order chi connectivity index (χ1) is 6.52. The number of halogens is 2. The number of nitrogens with two attached hydrogens (primary N) is 2. The Kier molecular flexibility index (Phi) is 3.75. The van der Waals surface area contributed by atoms with Gasteiger partial charge >= 0.3 is 95.1 Å². The number of rotatable bonds is 2. The van der Waals surface area contributed by atoms with E-state index in [4.69, 9.17) is 11.5 Å². The van der Waals surface area contributed by atoms with Gasteiger partial charge in [0.25, 0.3) is 0 Å². The van der Waals surface area contributed by atoms with Gasteiger partial charge in [-0.05, 0) is 0 Å². The van der Waals surface area contributed by atoms with Gasteiger partial charge in [0, 0.05) is 0 Å². The molecule has 14 heavy (non-hydrogen) atoms. The Morgan fingerprint density at radius 2 is 2.00 bits per heavy atom. The van der Waals surface area contributed by atoms with Crippen LogP contribution in [0.1, 0.15) is 5.56 Å². The standard InChI is InChI=1S/C8H8AtF2N3/c9-6-5(10)2-1-4(7(6)11)3-14-8(12)13/h1-2H,3H2,(H4,12,13,14). The zero-order valence-electron chi connectivity index (χ0n) is 7.10. The first kappa shape index (κ1) is 11.3. The first-order valence-corrected chi connectivity index (χ1v) is 5.17. The minimum atomic E-state index is -0.577. The SMILES string of the molecule is NC(N)=NCc1ccc(F)c([At])c1F. The molecule has 0 amide bonds. The molecule has 1 rings (SSSR count). The average molecular weight is 394 g/mol. The number of aliphatic imine (C=N–C) groups is 1. The van der Waals surface area contributed by atoms with Gasteiger partial charge in [0.1, 0.15) is 0 Å². The second-order valence-corrected chi connectivity index (χ2v) is 4.04. The van der Waals surface area contributed by atoms with Crippen molar-refractivity contribution in [2.75, 3.05) is 0 Å². The number of guanidine groups is 1. The summed E-state index contributed by atoms with van der Waals surface area (Å²) in [6.07, 6.45) is 0. The normalized spacial score (nSPS) is 9.93. The fraction of sp³-hybridized carbons (Fsp3) is 0.125. The van der Waals surface area contributed by atoms with Crippen LogP contribution < -0.4 is 14.7 Å². The summed E-state index contributed by atoms with van der Waals surface area (Å²) >= 11 is 0.947. The first-order valence-electron chi connectivity index (χ1n) is 3.70. The third kappa shape index (κ3) is 2.61. The molecule has 0 bridgehead atoms. The van der Waals surface area contributed by atoms with Gasteiger partial charge in [0.2, 0.25) is 0 Å². The Morgan fingerprint density at radius 1 is 1.36 bits per heavy atom. The van der Waals surface area contributed by atoms with E-state index in [0.29, 0.717) is 0 Å². The minimum absolute atomic E-state index is 0.0320. The molecular formula is C8H8AtF2N3. The molecule has 0 heterocycles. The fourth-order valence-corrected chi connectivity index (χ4v) is 1.58. The Hall–Kier alpha value is -0.767. The third-order valence-electron chi connectivity index (χ3n) is 1.55. The molecule has 0 radical (unpaired) electrons. The third-order valence-corrected chi connectivity index (χ3v) is 2.89. The molecule has 0 saturated heterocycles. The fourth-order valence-electron chi connectivity index (χ4n) is 0.864. The van der Waals surface area contributed by atoms with E-state index in [1.165, 1.54) is 12.1 Å². The summed E-state index contributed by atoms with van der Waals surface area (Å²) in [6, 6.07) is 2.54. The van der Waals surface area contributed by atoms with E-state index < -0.39 is 11.6 Å². The van der Waals surface area contributed by atoms with E-state index in [1.807, 2.05) is 0 Å². The van der Waals surface area contributed by atoms with Crippen molar-refractivity contribution in [3.63, 3.8) is 0 Å². The van der Waals surface area contributed by atoms with Crippen molar-refractivity contribution < 1.29 is 33.5 Å². The topological polar surface area (TPSA) is 64.4 Å². The number of hydrogen-bond acceptors (Lipinski definition) is 1. The van der Waals surface area contributed by atoms with Crippen molar-refractivity contribution in [3.8, 4) is 0 Å². The van der Waals surface area contributed by atoms with Crippen molar-refractivity contribution in [2.24, 2.45) is 16.5 Å². The molecule has 0 spiro atoms. The van der Waals surface area contributed by atoms with Crippen LogP contribution in [0.15, 0.2) is 17.1 Å². The summed E-state index contributed by atoms with van der Waals surface area (Å²) in [5.41, 5.74) is 10.5. The molecule has 0 saturated carbocycles. The summed E-state index contributed by atoms with van der Waals surface area (Å²) in [6.45, 7) is 0.0320. The van der Waals surface area contributed by atoms with Gasteiger partial charge in [-0.2, -0.15) is 0 Å². The number of benzene rings is 1. The average Bonchev–Trinajstić information content (AvgIpc) is 2.13. The van der Waals surface area contributed by atoms with Crippen LogP contribution in [0.2, 0.25) is 0 Å². The summed E-state index contributed by atoms with van der Waals surface area (Å²) in [4.78, 5) is 3.64. The Bertz CT molecular complexity index is 375. The van der Waals surface area contributed by atoms with Gasteiger partial charge in [-0.3, -0.25) is 0 Å². The summed E-state index contributed by atoms with van der Waals surface area (Å²) in [5.74, 6) is -1.24. The second-order valence-electron chi connectivity index (χ2n) is 2.58. The summed E-state index contributed by atoms with van der Waals surface area (Å²) in [5, 5.41) is 0. The second kappa shape index (κ2) is 4.64. The maximum atomic E-state index is 13.3. The molecule has 4 N–H and O–H groups in total. The van der Waals surface area contributed by atoms with E-state index in [2.05, 4.69) is 4.99 Å². The predicted octanol–water partition coefficient (Wildman–Crippen LogP) is -0.0872. The molecule has 1 aromatic carbocycles. The van der Waals surface area contributed by atoms with Crippen LogP contribution in [0, 0.1) is 36.4 Å². The van der Waals surface area contributed by atoms with E-state index in [-0.39, 0.29) is 21.3 Å². The van der Waals surface area contributed by atoms with Gasteiger partial charge in [-0.25, -0.2) is 0 Å². The van der Waals surface area contributed by atoms with Crippen LogP contribution in [0.4, 0.5) is 8.78 Å². The Morgan fingerprint density at radius 3 is 2.57 bits per heavy atom. The van der Waals surface area contributed by atoms with Gasteiger partial charge in [-0.15, -0.1) is 0 Å². The van der Waals surface area contributed by atoms with Crippen molar-refractivity contribution in [2.45, 2.75) is 6.54 Å². The number of hydrogen-bond donors (Lipinski definition) is 2. The van der Waals surface area contributed by atoms with Crippen LogP contribution in [0.3, 0.4) is 0 Å². The molecule has 0 aliphatic carbocycles. The van der Waals surface area contributed by atoms with Crippen LogP contribution in [0.25, 0.3) is 0 Å². The predicted molar refractivity (Wildman–Crippen MR) is 45.5 cm³/mol. The molecular weight excluding hydrogens is 386 g/mol. The molecule has 0 aliphatic rings. The van der Waals surface area contributed by atoms with E-state index >= 15 is 0 Å². The van der Waals surface area contributed by atoms with Crippen molar-refractivity contribution in [1.29, 1.82) is 0 Å². The molecule has 0 aromatic heterocycles. The Labute approximate surface area is 95.0 Å². The van der Waals surface area contributed by atoms with Gasteiger partial charge in [0.15, 0.2) is 0 Å². The van der Waals surface area contributed by atoms with Gasteiger partial charge in [0.05, 0.1) is 0 Å². The van der Waals surface area contributed by atoms with E-state index in [1.54, 1.807) is 0 Å². The quantitative estimate of drug-likeness (QED) is 0.544. The molecule has 0 unspecified atom stereocenters. The summed E-state index contributed by atoms with van der Waals surface area (Å²) in [7, 11) is 0. The van der Waals surface area contributed by atoms with Crippen molar-refractivity contribution >= 4 is 9.23 Å². The van der Waals surface area contributed by atoms with Gasteiger partial charge < -0.3 is 0 Å². The van der Waals surface area contributed by atoms with Crippen LogP contribution in [-0.2, 0) is 6.54 Å². The van der Waals surface area contributed by atoms with E-state index in [0.717, 1.165) is 24.7 Å². The molecule has 0 aliphatic heterocycles. The van der Waals surface area contributed by atoms with Crippen molar-refractivity contribution in [3.05, 3.63) is 29.3 Å². The Balaban J connectivity index is 3.00. The van der Waals surface area contributed by atoms with Crippen LogP contribution in [-0.4, -0.2) is 5.96 Å². The zero-order valence-corrected chi connectivity index (χ0v) is 10.0. The molecule has 0 atom stereocenters. The molecule has 1 aromatic rings. The van der Waals surface area contributed by atoms with Crippen LogP contribution >= 0.6 is 0 Å². The molecule has 76 valence electrons. The zero-order chi connectivity index (χ0) is 10.7. The van der Waals surface area contributed by atoms with E-state index in [9.17, 15) is 8.78 Å². The molecule has 0 fully saturated rings.